The van der Waals surface area contributed by atoms with Gasteiger partial charge in [-0.05, 0) is 30.9 Å². The van der Waals surface area contributed by atoms with Crippen molar-refractivity contribution in [3.63, 3.8) is 0 Å². The van der Waals surface area contributed by atoms with Crippen LogP contribution in [0.3, 0.4) is 0 Å². The van der Waals surface area contributed by atoms with E-state index in [2.05, 4.69) is 61.3 Å². The molecule has 2 aromatic rings. The Hall–Kier alpha value is -1.61. The van der Waals surface area contributed by atoms with E-state index in [1.54, 1.807) is 0 Å². The van der Waals surface area contributed by atoms with Gasteiger partial charge in [-0.25, -0.2) is 4.98 Å². The molecule has 0 bridgehead atoms. The lowest BCUT2D eigenvalue weighted by atomic mass is 10.0. The summed E-state index contributed by atoms with van der Waals surface area (Å²) in [5.74, 6) is 2.63. The van der Waals surface area contributed by atoms with Crippen molar-refractivity contribution >= 4 is 16.7 Å². The molecule has 0 radical (unpaired) electrons. The molecule has 1 aliphatic heterocycles. The molecule has 21 heavy (non-hydrogen) atoms. The SMILES string of the molecule is CCNc1nc2ccccc2cc1CN1CC(C)C(C)C1. The van der Waals surface area contributed by atoms with Crippen molar-refractivity contribution in [2.45, 2.75) is 27.3 Å². The number of anilines is 1. The number of nitrogens with one attached hydrogen (secondary N) is 1. The lowest BCUT2D eigenvalue weighted by Gasteiger charge is -2.18. The van der Waals surface area contributed by atoms with Crippen LogP contribution in [0.1, 0.15) is 26.3 Å². The third-order valence-corrected chi connectivity index (χ3v) is 4.60. The third-order valence-electron chi connectivity index (χ3n) is 4.60. The second-order valence-corrected chi connectivity index (χ2v) is 6.37. The van der Waals surface area contributed by atoms with Crippen LogP contribution in [0.15, 0.2) is 30.3 Å². The molecule has 1 aromatic carbocycles. The van der Waals surface area contributed by atoms with Crippen LogP contribution in [-0.4, -0.2) is 29.5 Å². The molecule has 1 aromatic heterocycles. The number of hydrogen-bond acceptors (Lipinski definition) is 3. The quantitative estimate of drug-likeness (QED) is 0.926. The topological polar surface area (TPSA) is 28.2 Å². The molecule has 3 heteroatoms. The summed E-state index contributed by atoms with van der Waals surface area (Å²) < 4.78 is 0. The van der Waals surface area contributed by atoms with E-state index in [0.29, 0.717) is 0 Å². The molecule has 0 aliphatic carbocycles. The highest BCUT2D eigenvalue weighted by atomic mass is 15.2. The average molecular weight is 283 g/mol. The summed E-state index contributed by atoms with van der Waals surface area (Å²) in [5.41, 5.74) is 2.39. The minimum Gasteiger partial charge on any atom is -0.370 e. The summed E-state index contributed by atoms with van der Waals surface area (Å²) in [6, 6.07) is 10.7. The zero-order valence-electron chi connectivity index (χ0n) is 13.3. The second kappa shape index (κ2) is 6.02. The molecule has 1 saturated heterocycles. The molecule has 1 aliphatic rings. The van der Waals surface area contributed by atoms with Crippen LogP contribution in [-0.2, 0) is 6.54 Å². The van der Waals surface area contributed by atoms with Crippen LogP contribution in [0.4, 0.5) is 5.82 Å². The van der Waals surface area contributed by atoms with Crippen LogP contribution in [0.2, 0.25) is 0 Å². The fourth-order valence-electron chi connectivity index (χ4n) is 3.22. The van der Waals surface area contributed by atoms with Crippen LogP contribution < -0.4 is 5.32 Å². The Labute approximate surface area is 127 Å². The van der Waals surface area contributed by atoms with Gasteiger partial charge in [-0.15, -0.1) is 0 Å². The maximum absolute atomic E-state index is 4.81. The highest BCUT2D eigenvalue weighted by molar-refractivity contribution is 5.81. The largest absolute Gasteiger partial charge is 0.370 e. The van der Waals surface area contributed by atoms with E-state index in [0.717, 1.165) is 36.3 Å². The van der Waals surface area contributed by atoms with Gasteiger partial charge in [0, 0.05) is 37.1 Å². The molecule has 0 saturated carbocycles. The van der Waals surface area contributed by atoms with Crippen molar-refractivity contribution in [2.24, 2.45) is 11.8 Å². The van der Waals surface area contributed by atoms with Gasteiger partial charge in [-0.3, -0.25) is 4.90 Å². The Morgan fingerprint density at radius 2 is 1.90 bits per heavy atom. The van der Waals surface area contributed by atoms with Crippen LogP contribution in [0, 0.1) is 11.8 Å². The normalized spacial score (nSPS) is 22.8. The molecule has 1 N–H and O–H groups in total. The van der Waals surface area contributed by atoms with Gasteiger partial charge in [0.25, 0.3) is 0 Å². The van der Waals surface area contributed by atoms with E-state index in [1.807, 2.05) is 0 Å². The molecule has 1 fully saturated rings. The number of rotatable bonds is 4. The number of hydrogen-bond donors (Lipinski definition) is 1. The Balaban J connectivity index is 1.90. The summed E-state index contributed by atoms with van der Waals surface area (Å²) in [6.45, 7) is 11.1. The lowest BCUT2D eigenvalue weighted by molar-refractivity contribution is 0.316. The van der Waals surface area contributed by atoms with Crippen LogP contribution in [0.25, 0.3) is 10.9 Å². The van der Waals surface area contributed by atoms with Crippen molar-refractivity contribution in [1.82, 2.24) is 9.88 Å². The van der Waals surface area contributed by atoms with E-state index >= 15 is 0 Å². The van der Waals surface area contributed by atoms with Crippen LogP contribution >= 0.6 is 0 Å². The molecule has 112 valence electrons. The predicted molar refractivity (Wildman–Crippen MR) is 89.5 cm³/mol. The standard InChI is InChI=1S/C18H25N3/c1-4-19-18-16(12-21-10-13(2)14(3)11-21)9-15-7-5-6-8-17(15)20-18/h5-9,13-14H,4,10-12H2,1-3H3,(H,19,20). The molecule has 2 heterocycles. The highest BCUT2D eigenvalue weighted by Crippen LogP contribution is 2.27. The Bertz CT molecular complexity index is 613. The van der Waals surface area contributed by atoms with Crippen molar-refractivity contribution in [2.75, 3.05) is 25.0 Å². The smallest absolute Gasteiger partial charge is 0.131 e. The van der Waals surface area contributed by atoms with Gasteiger partial charge in [0.2, 0.25) is 0 Å². The molecule has 3 rings (SSSR count). The van der Waals surface area contributed by atoms with E-state index in [4.69, 9.17) is 4.98 Å². The Kier molecular flexibility index (Phi) is 4.11. The van der Waals surface area contributed by atoms with Gasteiger partial charge < -0.3 is 5.32 Å². The first-order valence-electron chi connectivity index (χ1n) is 8.02. The van der Waals surface area contributed by atoms with Gasteiger partial charge >= 0.3 is 0 Å². The Morgan fingerprint density at radius 3 is 2.62 bits per heavy atom. The molecule has 2 atom stereocenters. The third kappa shape index (κ3) is 3.03. The zero-order chi connectivity index (χ0) is 14.8. The number of pyridine rings is 1. The van der Waals surface area contributed by atoms with E-state index in [1.165, 1.54) is 24.0 Å². The summed E-state index contributed by atoms with van der Waals surface area (Å²) >= 11 is 0. The first-order chi connectivity index (χ1) is 10.2. The van der Waals surface area contributed by atoms with E-state index in [-0.39, 0.29) is 0 Å². The van der Waals surface area contributed by atoms with E-state index in [9.17, 15) is 0 Å². The molecule has 2 unspecified atom stereocenters. The molecule has 0 spiro atoms. The van der Waals surface area contributed by atoms with Gasteiger partial charge in [0.1, 0.15) is 5.82 Å². The minimum absolute atomic E-state index is 0.793. The summed E-state index contributed by atoms with van der Waals surface area (Å²) in [6.07, 6.45) is 0. The summed E-state index contributed by atoms with van der Waals surface area (Å²) in [4.78, 5) is 7.36. The number of likely N-dealkylation sites (tertiary alicyclic amines) is 1. The number of para-hydroxylation sites is 1. The van der Waals surface area contributed by atoms with Crippen molar-refractivity contribution in [3.8, 4) is 0 Å². The number of fused-ring (bicyclic) bond motifs is 1. The number of benzene rings is 1. The van der Waals surface area contributed by atoms with Crippen molar-refractivity contribution in [1.29, 1.82) is 0 Å². The van der Waals surface area contributed by atoms with Crippen LogP contribution in [0.5, 0.6) is 0 Å². The van der Waals surface area contributed by atoms with Crippen molar-refractivity contribution in [3.05, 3.63) is 35.9 Å². The van der Waals surface area contributed by atoms with Gasteiger partial charge in [0.15, 0.2) is 0 Å². The van der Waals surface area contributed by atoms with E-state index < -0.39 is 0 Å². The highest BCUT2D eigenvalue weighted by Gasteiger charge is 2.26. The molecular formula is C18H25N3. The lowest BCUT2D eigenvalue weighted by Crippen LogP contribution is -2.21. The van der Waals surface area contributed by atoms with Gasteiger partial charge in [0.05, 0.1) is 5.52 Å². The first kappa shape index (κ1) is 14.3. The first-order valence-corrected chi connectivity index (χ1v) is 8.02. The fraction of sp³-hybridized carbons (Fsp3) is 0.500. The zero-order valence-corrected chi connectivity index (χ0v) is 13.3. The van der Waals surface area contributed by atoms with Gasteiger partial charge in [-0.1, -0.05) is 32.0 Å². The summed E-state index contributed by atoms with van der Waals surface area (Å²) in [5, 5.41) is 4.66. The predicted octanol–water partition coefficient (Wildman–Crippen LogP) is 3.75. The molecule has 3 nitrogen and oxygen atoms in total. The average Bonchev–Trinajstić information content (AvgIpc) is 2.78. The maximum Gasteiger partial charge on any atom is 0.131 e. The molecular weight excluding hydrogens is 258 g/mol. The number of nitrogens with zero attached hydrogens (tertiary/aromatic N) is 2. The minimum atomic E-state index is 0.793. The maximum atomic E-state index is 4.81. The molecule has 0 amide bonds. The Morgan fingerprint density at radius 1 is 1.19 bits per heavy atom. The van der Waals surface area contributed by atoms with Gasteiger partial charge in [-0.2, -0.15) is 0 Å². The summed E-state index contributed by atoms with van der Waals surface area (Å²) in [7, 11) is 0. The fourth-order valence-corrected chi connectivity index (χ4v) is 3.22. The monoisotopic (exact) mass is 283 g/mol. The number of aromatic nitrogens is 1. The van der Waals surface area contributed by atoms with Crippen molar-refractivity contribution < 1.29 is 0 Å². The second-order valence-electron chi connectivity index (χ2n) is 6.37.